The number of anilines is 3. The molecule has 3 aromatic heterocycles. The maximum atomic E-state index is 12.3. The minimum absolute atomic E-state index is 0. The maximum absolute atomic E-state index is 12.3. The van der Waals surface area contributed by atoms with Crippen molar-refractivity contribution in [3.63, 3.8) is 0 Å². The van der Waals surface area contributed by atoms with Gasteiger partial charge in [0.2, 0.25) is 27.7 Å². The van der Waals surface area contributed by atoms with Gasteiger partial charge in [-0.15, -0.1) is 15.3 Å². The van der Waals surface area contributed by atoms with Crippen LogP contribution in [0.2, 0.25) is 0 Å². The highest BCUT2D eigenvalue weighted by molar-refractivity contribution is 7.90. The van der Waals surface area contributed by atoms with E-state index in [4.69, 9.17) is 18.9 Å². The first-order valence-corrected chi connectivity index (χ1v) is 26.0. The van der Waals surface area contributed by atoms with Crippen molar-refractivity contribution in [3.8, 4) is 29.1 Å². The number of rotatable bonds is 9. The lowest BCUT2D eigenvalue weighted by molar-refractivity contribution is 0.0229. The Morgan fingerprint density at radius 2 is 0.824 bits per heavy atom. The molecule has 6 heterocycles. The standard InChI is InChI=1S/C18H25N5O4S.C18H25N5O3.C13H17N5O.CH4/c1-18(2,3)27-17(24)22-12-10-21(11-13-22)16-19-15(28(4,25)26)20-23(16)14-8-6-5-7-9-14;1-18(2,3)26-17(24)22-12-10-21(11-13-22)16-19-15(25-4)20-23(16)14-8-6-5-7-9-14;1-19-12-15-13(17-9-7-14-8-10-17)18(16-12)11-5-3-2-4-6-11;/h5-9H,10-13H2,1-4H3;5-9H,10-13H2,1-4H3;2-6,14H,7-10H2,1H3;1H4. The van der Waals surface area contributed by atoms with Gasteiger partial charge in [0.15, 0.2) is 0 Å². The minimum Gasteiger partial charge on any atom is -0.466 e. The second kappa shape index (κ2) is 24.5. The number of ether oxygens (including phenoxy) is 4. The number of hydrogen-bond acceptors (Lipinski definition) is 18. The van der Waals surface area contributed by atoms with E-state index in [-0.39, 0.29) is 24.8 Å². The summed E-state index contributed by atoms with van der Waals surface area (Å²) in [5.41, 5.74) is 1.58. The quantitative estimate of drug-likeness (QED) is 0.192. The van der Waals surface area contributed by atoms with E-state index in [2.05, 4.69) is 45.4 Å². The fourth-order valence-corrected chi connectivity index (χ4v) is 8.20. The molecule has 2 amide bonds. The third-order valence-corrected chi connectivity index (χ3v) is 12.1. The fourth-order valence-electron chi connectivity index (χ4n) is 7.72. The lowest BCUT2D eigenvalue weighted by atomic mass is 10.2. The number of methoxy groups -OCH3 is 2. The molecule has 0 unspecified atom stereocenters. The number of aromatic nitrogens is 9. The van der Waals surface area contributed by atoms with Crippen molar-refractivity contribution in [2.24, 2.45) is 0 Å². The highest BCUT2D eigenvalue weighted by atomic mass is 32.2. The first-order chi connectivity index (χ1) is 34.8. The molecule has 3 aliphatic heterocycles. The van der Waals surface area contributed by atoms with E-state index in [1.165, 1.54) is 4.68 Å². The summed E-state index contributed by atoms with van der Waals surface area (Å²) in [5, 5.41) is 16.1. The molecule has 3 aliphatic rings. The van der Waals surface area contributed by atoms with Crippen LogP contribution in [-0.4, -0.2) is 185 Å². The van der Waals surface area contributed by atoms with E-state index in [9.17, 15) is 18.0 Å². The molecule has 3 fully saturated rings. The van der Waals surface area contributed by atoms with Crippen LogP contribution in [0.5, 0.6) is 12.0 Å². The summed E-state index contributed by atoms with van der Waals surface area (Å²) in [6.07, 6.45) is 0.454. The zero-order chi connectivity index (χ0) is 52.3. The SMILES string of the molecule is C.CC(C)(C)OC(=O)N1CCN(c2nc(S(C)(=O)=O)nn2-c2ccccc2)CC1.COc1nc(N2CCN(C(=O)OC(C)(C)C)CC2)n(-c2ccccc2)n1.COc1nc(N2CCNCC2)n(-c2ccccc2)n1. The molecule has 0 radical (unpaired) electrons. The van der Waals surface area contributed by atoms with E-state index in [1.807, 2.05) is 142 Å². The van der Waals surface area contributed by atoms with Gasteiger partial charge in [-0.2, -0.15) is 29.0 Å². The summed E-state index contributed by atoms with van der Waals surface area (Å²) in [4.78, 5) is 47.3. The fraction of sp³-hybridized carbons (Fsp3) is 0.480. The third-order valence-electron chi connectivity index (χ3n) is 11.2. The van der Waals surface area contributed by atoms with Crippen LogP contribution in [0, 0.1) is 0 Å². The number of para-hydroxylation sites is 3. The number of sulfone groups is 1. The van der Waals surface area contributed by atoms with Crippen molar-refractivity contribution < 1.29 is 37.0 Å². The Balaban J connectivity index is 0.000000183. The molecule has 0 atom stereocenters. The molecule has 24 heteroatoms. The largest absolute Gasteiger partial charge is 0.466 e. The number of hydrogen-bond donors (Lipinski definition) is 1. The summed E-state index contributed by atoms with van der Waals surface area (Å²) in [7, 11) is -0.410. The smallest absolute Gasteiger partial charge is 0.410 e. The Labute approximate surface area is 433 Å². The summed E-state index contributed by atoms with van der Waals surface area (Å²) in [6.45, 7) is 19.2. The van der Waals surface area contributed by atoms with Crippen molar-refractivity contribution in [1.29, 1.82) is 0 Å². The molecule has 400 valence electrons. The summed E-state index contributed by atoms with van der Waals surface area (Å²) in [6, 6.07) is 29.7. The number of benzene rings is 3. The molecule has 6 aromatic rings. The lowest BCUT2D eigenvalue weighted by Crippen LogP contribution is -2.50. The van der Waals surface area contributed by atoms with Crippen molar-refractivity contribution in [3.05, 3.63) is 91.0 Å². The van der Waals surface area contributed by atoms with Crippen LogP contribution < -0.4 is 29.5 Å². The first-order valence-electron chi connectivity index (χ1n) is 24.1. The van der Waals surface area contributed by atoms with Gasteiger partial charge < -0.3 is 48.8 Å². The number of amides is 2. The van der Waals surface area contributed by atoms with E-state index in [0.29, 0.717) is 76.3 Å². The van der Waals surface area contributed by atoms with Crippen molar-refractivity contribution in [2.75, 3.05) is 114 Å². The lowest BCUT2D eigenvalue weighted by Gasteiger charge is -2.35. The molecule has 3 aromatic carbocycles. The Bertz CT molecular complexity index is 2830. The van der Waals surface area contributed by atoms with Crippen molar-refractivity contribution >= 4 is 39.9 Å². The summed E-state index contributed by atoms with van der Waals surface area (Å²) >= 11 is 0. The summed E-state index contributed by atoms with van der Waals surface area (Å²) < 4.78 is 50.3. The van der Waals surface area contributed by atoms with Crippen LogP contribution in [0.25, 0.3) is 17.1 Å². The highest BCUT2D eigenvalue weighted by Gasteiger charge is 2.31. The van der Waals surface area contributed by atoms with Crippen LogP contribution in [0.3, 0.4) is 0 Å². The zero-order valence-corrected chi connectivity index (χ0v) is 43.9. The van der Waals surface area contributed by atoms with E-state index in [1.54, 1.807) is 28.7 Å². The second-order valence-corrected chi connectivity index (χ2v) is 21.1. The topological polar surface area (TPSA) is 226 Å². The van der Waals surface area contributed by atoms with Crippen LogP contribution in [0.1, 0.15) is 49.0 Å². The number of nitrogens with one attached hydrogen (secondary N) is 1. The molecular weight excluding hydrogens is 971 g/mol. The van der Waals surface area contributed by atoms with Crippen LogP contribution in [-0.2, 0) is 19.3 Å². The van der Waals surface area contributed by atoms with Crippen molar-refractivity contribution in [2.45, 2.75) is 65.3 Å². The monoisotopic (exact) mass is 1040 g/mol. The van der Waals surface area contributed by atoms with Gasteiger partial charge in [-0.3, -0.25) is 0 Å². The van der Waals surface area contributed by atoms with Gasteiger partial charge in [0.05, 0.1) is 31.3 Å². The van der Waals surface area contributed by atoms with Gasteiger partial charge in [-0.05, 0) is 77.9 Å². The molecule has 9 rings (SSSR count). The average molecular weight is 1040 g/mol. The Hall–Kier alpha value is -7.47. The zero-order valence-electron chi connectivity index (χ0n) is 43.1. The van der Waals surface area contributed by atoms with Gasteiger partial charge >= 0.3 is 24.2 Å². The Morgan fingerprint density at radius 1 is 0.500 bits per heavy atom. The number of carbonyl (C=O) groups is 2. The Morgan fingerprint density at radius 3 is 1.15 bits per heavy atom. The number of carbonyl (C=O) groups excluding carboxylic acids is 2. The maximum Gasteiger partial charge on any atom is 0.410 e. The molecule has 3 saturated heterocycles. The second-order valence-electron chi connectivity index (χ2n) is 19.2. The molecule has 1 N–H and O–H groups in total. The van der Waals surface area contributed by atoms with E-state index in [0.717, 1.165) is 55.4 Å². The molecular formula is C50H71N15O8S. The number of nitrogens with zero attached hydrogens (tertiary/aromatic N) is 14. The van der Waals surface area contributed by atoms with Crippen molar-refractivity contribution in [1.82, 2.24) is 59.4 Å². The van der Waals surface area contributed by atoms with Gasteiger partial charge in [-0.1, -0.05) is 62.0 Å². The molecule has 0 bridgehead atoms. The minimum atomic E-state index is -3.55. The van der Waals surface area contributed by atoms with Crippen LogP contribution in [0.4, 0.5) is 27.4 Å². The summed E-state index contributed by atoms with van der Waals surface area (Å²) in [5.74, 6) is 1.98. The van der Waals surface area contributed by atoms with E-state index >= 15 is 0 Å². The average Bonchev–Trinajstić information content (AvgIpc) is 4.16. The van der Waals surface area contributed by atoms with Crippen LogP contribution in [0.15, 0.2) is 96.2 Å². The molecule has 74 heavy (non-hydrogen) atoms. The van der Waals surface area contributed by atoms with E-state index < -0.39 is 21.0 Å². The normalized spacial score (nSPS) is 15.2. The van der Waals surface area contributed by atoms with Gasteiger partial charge in [-0.25, -0.2) is 18.0 Å². The van der Waals surface area contributed by atoms with Crippen LogP contribution >= 0.6 is 0 Å². The van der Waals surface area contributed by atoms with Gasteiger partial charge in [0, 0.05) is 84.8 Å². The van der Waals surface area contributed by atoms with Gasteiger partial charge in [0.25, 0.3) is 5.16 Å². The third kappa shape index (κ3) is 14.8. The molecule has 0 spiro atoms. The number of piperazine rings is 3. The molecule has 23 nitrogen and oxygen atoms in total. The predicted octanol–water partition coefficient (Wildman–Crippen LogP) is 5.38. The van der Waals surface area contributed by atoms with Gasteiger partial charge in [0.1, 0.15) is 11.2 Å². The predicted molar refractivity (Wildman–Crippen MR) is 282 cm³/mol. The Kier molecular flexibility index (Phi) is 18.5. The molecule has 0 saturated carbocycles. The highest BCUT2D eigenvalue weighted by Crippen LogP contribution is 2.25. The first kappa shape index (κ1) is 55.8. The molecule has 0 aliphatic carbocycles.